The highest BCUT2D eigenvalue weighted by Gasteiger charge is 2.36. The van der Waals surface area contributed by atoms with E-state index in [1.165, 1.54) is 91.8 Å². The summed E-state index contributed by atoms with van der Waals surface area (Å²) in [5.41, 5.74) is 6.76. The van der Waals surface area contributed by atoms with Crippen LogP contribution >= 0.6 is 7.92 Å². The molecule has 0 heterocycles. The number of benzene rings is 2. The molecule has 168 valence electrons. The summed E-state index contributed by atoms with van der Waals surface area (Å²) >= 11 is 0. The third kappa shape index (κ3) is 4.80. The molecule has 31 heavy (non-hydrogen) atoms. The van der Waals surface area contributed by atoms with Crippen LogP contribution in [0.15, 0.2) is 30.3 Å². The topological polar surface area (TPSA) is 18.5 Å². The smallest absolute Gasteiger partial charge is 0.138 e. The quantitative estimate of drug-likeness (QED) is 0.429. The third-order valence-electron chi connectivity index (χ3n) is 7.38. The zero-order valence-electron chi connectivity index (χ0n) is 19.9. The van der Waals surface area contributed by atoms with Gasteiger partial charge in [-0.25, -0.2) is 0 Å². The van der Waals surface area contributed by atoms with Crippen molar-refractivity contribution in [2.45, 2.75) is 89.4 Å². The lowest BCUT2D eigenvalue weighted by atomic mass is 9.97. The van der Waals surface area contributed by atoms with E-state index >= 15 is 0 Å². The molecule has 0 bridgehead atoms. The maximum Gasteiger partial charge on any atom is 0.138 e. The predicted molar refractivity (Wildman–Crippen MR) is 135 cm³/mol. The molecule has 2 nitrogen and oxygen atoms in total. The largest absolute Gasteiger partial charge is 0.496 e. The second kappa shape index (κ2) is 10.4. The van der Waals surface area contributed by atoms with Gasteiger partial charge in [0.25, 0.3) is 0 Å². The molecule has 0 atom stereocenters. The van der Waals surface area contributed by atoms with E-state index in [2.05, 4.69) is 44.2 Å². The van der Waals surface area contributed by atoms with Crippen molar-refractivity contribution in [1.29, 1.82) is 0 Å². The minimum absolute atomic E-state index is 0.318. The van der Waals surface area contributed by atoms with Gasteiger partial charge < -0.3 is 9.47 Å². The second-order valence-corrected chi connectivity index (χ2v) is 12.2. The van der Waals surface area contributed by atoms with E-state index in [-0.39, 0.29) is 7.92 Å². The number of aryl methyl sites for hydroxylation is 2. The van der Waals surface area contributed by atoms with E-state index in [9.17, 15) is 0 Å². The first-order valence-electron chi connectivity index (χ1n) is 12.2. The molecule has 2 aliphatic rings. The van der Waals surface area contributed by atoms with Gasteiger partial charge in [-0.15, -0.1) is 0 Å². The second-order valence-electron chi connectivity index (χ2n) is 9.51. The minimum atomic E-state index is -0.318. The highest BCUT2D eigenvalue weighted by Crippen LogP contribution is 2.58. The van der Waals surface area contributed by atoms with Crippen molar-refractivity contribution in [1.82, 2.24) is 0 Å². The number of rotatable bonds is 6. The van der Waals surface area contributed by atoms with Crippen molar-refractivity contribution in [2.75, 3.05) is 14.2 Å². The molecular formula is C28H39O2P. The van der Waals surface area contributed by atoms with Crippen LogP contribution in [-0.4, -0.2) is 25.5 Å². The van der Waals surface area contributed by atoms with E-state index in [1.807, 2.05) is 14.2 Å². The van der Waals surface area contributed by atoms with Crippen LogP contribution in [0.5, 0.6) is 11.5 Å². The van der Waals surface area contributed by atoms with Crippen molar-refractivity contribution in [3.63, 3.8) is 0 Å². The fourth-order valence-corrected chi connectivity index (χ4v) is 9.91. The predicted octanol–water partition coefficient (Wildman–Crippen LogP) is 7.76. The Kier molecular flexibility index (Phi) is 7.59. The molecule has 2 aliphatic carbocycles. The van der Waals surface area contributed by atoms with Crippen LogP contribution in [-0.2, 0) is 0 Å². The molecule has 0 aliphatic heterocycles. The summed E-state index contributed by atoms with van der Waals surface area (Å²) in [5.74, 6) is 2.13. The van der Waals surface area contributed by atoms with Gasteiger partial charge in [-0.1, -0.05) is 70.2 Å². The first kappa shape index (κ1) is 22.7. The average Bonchev–Trinajstić information content (AvgIpc) is 2.80. The van der Waals surface area contributed by atoms with Crippen molar-refractivity contribution in [3.8, 4) is 22.6 Å². The Bertz CT molecular complexity index is 861. The molecule has 0 spiro atoms. The number of ether oxygens (including phenoxy) is 2. The molecule has 2 fully saturated rings. The highest BCUT2D eigenvalue weighted by molar-refractivity contribution is 7.67. The zero-order valence-corrected chi connectivity index (χ0v) is 20.8. The fourth-order valence-electron chi connectivity index (χ4n) is 5.88. The first-order chi connectivity index (χ1) is 15.1. The van der Waals surface area contributed by atoms with Crippen molar-refractivity contribution < 1.29 is 9.47 Å². The average molecular weight is 439 g/mol. The lowest BCUT2D eigenvalue weighted by Gasteiger charge is -2.40. The summed E-state index contributed by atoms with van der Waals surface area (Å²) in [5, 5.41) is 1.41. The van der Waals surface area contributed by atoms with Gasteiger partial charge >= 0.3 is 0 Å². The number of hydrogen-bond donors (Lipinski definition) is 0. The van der Waals surface area contributed by atoms with E-state index in [4.69, 9.17) is 9.47 Å². The Morgan fingerprint density at radius 3 is 1.81 bits per heavy atom. The lowest BCUT2D eigenvalue weighted by molar-refractivity contribution is 0.401. The summed E-state index contributed by atoms with van der Waals surface area (Å²) in [4.78, 5) is 0. The van der Waals surface area contributed by atoms with Crippen LogP contribution in [0.4, 0.5) is 0 Å². The molecule has 3 heteroatoms. The van der Waals surface area contributed by atoms with Gasteiger partial charge in [0.2, 0.25) is 0 Å². The maximum absolute atomic E-state index is 6.26. The molecule has 4 rings (SSSR count). The maximum atomic E-state index is 6.26. The molecule has 0 aromatic heterocycles. The first-order valence-corrected chi connectivity index (χ1v) is 13.7. The van der Waals surface area contributed by atoms with Crippen LogP contribution in [0.1, 0.15) is 75.3 Å². The molecule has 2 aromatic rings. The van der Waals surface area contributed by atoms with E-state index in [1.54, 1.807) is 0 Å². The van der Waals surface area contributed by atoms with Crippen LogP contribution in [0.2, 0.25) is 0 Å². The molecule has 0 amide bonds. The standard InChI is InChI=1S/C28H39O2P/c1-20-15-16-24(21(2)19-20)25-17-18-26(29-3)28(27(25)30-4)31(22-11-7-5-8-12-22)23-13-9-6-10-14-23/h15-19,22-23H,5-14H2,1-4H3. The summed E-state index contributed by atoms with van der Waals surface area (Å²) in [6.45, 7) is 4.38. The normalized spacial score (nSPS) is 18.4. The fraction of sp³-hybridized carbons (Fsp3) is 0.571. The summed E-state index contributed by atoms with van der Waals surface area (Å²) in [7, 11) is 3.38. The number of methoxy groups -OCH3 is 2. The molecule has 2 aromatic carbocycles. The molecule has 0 saturated heterocycles. The highest BCUT2D eigenvalue weighted by atomic mass is 31.1. The van der Waals surface area contributed by atoms with Gasteiger partial charge in [-0.3, -0.25) is 0 Å². The van der Waals surface area contributed by atoms with Gasteiger partial charge in [0.05, 0.1) is 19.5 Å². The monoisotopic (exact) mass is 438 g/mol. The Morgan fingerprint density at radius 2 is 1.29 bits per heavy atom. The van der Waals surface area contributed by atoms with Gasteiger partial charge in [0, 0.05) is 5.56 Å². The van der Waals surface area contributed by atoms with E-state index < -0.39 is 0 Å². The number of hydrogen-bond acceptors (Lipinski definition) is 2. The van der Waals surface area contributed by atoms with Crippen molar-refractivity contribution in [3.05, 3.63) is 41.5 Å². The van der Waals surface area contributed by atoms with Crippen molar-refractivity contribution >= 4 is 13.2 Å². The Hall–Kier alpha value is -1.53. The molecule has 0 unspecified atom stereocenters. The van der Waals surface area contributed by atoms with Gasteiger partial charge in [0.1, 0.15) is 11.5 Å². The Balaban J connectivity index is 1.88. The lowest BCUT2D eigenvalue weighted by Crippen LogP contribution is -2.28. The SMILES string of the molecule is COc1ccc(-c2ccc(C)cc2C)c(OC)c1P(C1CCCCC1)C1CCCCC1. The third-order valence-corrected chi connectivity index (χ3v) is 10.9. The summed E-state index contributed by atoms with van der Waals surface area (Å²) in [6.07, 6.45) is 13.9. The van der Waals surface area contributed by atoms with Crippen LogP contribution in [0, 0.1) is 13.8 Å². The minimum Gasteiger partial charge on any atom is -0.496 e. The Labute approximate surface area is 190 Å². The molecular weight excluding hydrogens is 399 g/mol. The van der Waals surface area contributed by atoms with Crippen molar-refractivity contribution in [2.24, 2.45) is 0 Å². The molecule has 0 radical (unpaired) electrons. The molecule has 0 N–H and O–H groups in total. The van der Waals surface area contributed by atoms with Gasteiger partial charge in [0.15, 0.2) is 0 Å². The zero-order chi connectivity index (χ0) is 21.8. The van der Waals surface area contributed by atoms with Crippen LogP contribution < -0.4 is 14.8 Å². The van der Waals surface area contributed by atoms with Crippen LogP contribution in [0.25, 0.3) is 11.1 Å². The van der Waals surface area contributed by atoms with E-state index in [0.29, 0.717) is 0 Å². The Morgan fingerprint density at radius 1 is 0.710 bits per heavy atom. The van der Waals surface area contributed by atoms with E-state index in [0.717, 1.165) is 22.8 Å². The van der Waals surface area contributed by atoms with Gasteiger partial charge in [-0.05, 0) is 74.1 Å². The summed E-state index contributed by atoms with van der Waals surface area (Å²) in [6, 6.07) is 11.2. The van der Waals surface area contributed by atoms with Gasteiger partial charge in [-0.2, -0.15) is 0 Å². The van der Waals surface area contributed by atoms with Crippen LogP contribution in [0.3, 0.4) is 0 Å². The summed E-state index contributed by atoms with van der Waals surface area (Å²) < 4.78 is 12.3. The molecule has 2 saturated carbocycles.